The van der Waals surface area contributed by atoms with Gasteiger partial charge in [0.1, 0.15) is 0 Å². The zero-order valence-electron chi connectivity index (χ0n) is 10.3. The molecule has 2 rings (SSSR count). The Balaban J connectivity index is 1.87. The fourth-order valence-corrected chi connectivity index (χ4v) is 2.51. The predicted molar refractivity (Wildman–Crippen MR) is 68.8 cm³/mol. The van der Waals surface area contributed by atoms with Gasteiger partial charge in [0.05, 0.1) is 12.2 Å². The predicted octanol–water partition coefficient (Wildman–Crippen LogP) is 1.66. The topological polar surface area (TPSA) is 49.9 Å². The summed E-state index contributed by atoms with van der Waals surface area (Å²) in [5, 5.41) is 3.74. The summed E-state index contributed by atoms with van der Waals surface area (Å²) in [4.78, 5) is 27.0. The van der Waals surface area contributed by atoms with Crippen molar-refractivity contribution in [2.75, 3.05) is 32.8 Å². The lowest BCUT2D eigenvalue weighted by Crippen LogP contribution is -2.50. The highest BCUT2D eigenvalue weighted by molar-refractivity contribution is 7.08. The third kappa shape index (κ3) is 2.81. The maximum Gasteiger partial charge on any atom is 0.409 e. The second-order valence-corrected chi connectivity index (χ2v) is 4.77. The molecular weight excluding hydrogens is 252 g/mol. The van der Waals surface area contributed by atoms with Crippen LogP contribution in [0.25, 0.3) is 0 Å². The van der Waals surface area contributed by atoms with Crippen molar-refractivity contribution in [1.29, 1.82) is 0 Å². The quantitative estimate of drug-likeness (QED) is 0.819. The molecule has 0 unspecified atom stereocenters. The summed E-state index contributed by atoms with van der Waals surface area (Å²) in [7, 11) is 0. The van der Waals surface area contributed by atoms with Gasteiger partial charge in [0.15, 0.2) is 0 Å². The highest BCUT2D eigenvalue weighted by Gasteiger charge is 2.25. The lowest BCUT2D eigenvalue weighted by Gasteiger charge is -2.33. The van der Waals surface area contributed by atoms with Crippen LogP contribution in [-0.4, -0.2) is 54.6 Å². The second-order valence-electron chi connectivity index (χ2n) is 3.99. The lowest BCUT2D eigenvalue weighted by molar-refractivity contribution is 0.0571. The van der Waals surface area contributed by atoms with Gasteiger partial charge >= 0.3 is 6.09 Å². The Bertz CT molecular complexity index is 411. The molecule has 98 valence electrons. The number of carbonyl (C=O) groups is 2. The molecular formula is C12H16N2O3S. The summed E-state index contributed by atoms with van der Waals surface area (Å²) in [6, 6.07) is 1.82. The average Bonchev–Trinajstić information content (AvgIpc) is 2.92. The van der Waals surface area contributed by atoms with Crippen LogP contribution in [0, 0.1) is 0 Å². The van der Waals surface area contributed by atoms with Gasteiger partial charge in [0.2, 0.25) is 0 Å². The average molecular weight is 268 g/mol. The molecule has 1 fully saturated rings. The van der Waals surface area contributed by atoms with Crippen molar-refractivity contribution in [2.45, 2.75) is 6.92 Å². The van der Waals surface area contributed by atoms with Crippen LogP contribution < -0.4 is 0 Å². The van der Waals surface area contributed by atoms with E-state index in [0.29, 0.717) is 32.8 Å². The minimum absolute atomic E-state index is 0.0414. The van der Waals surface area contributed by atoms with Crippen LogP contribution in [0.3, 0.4) is 0 Å². The number of hydrogen-bond donors (Lipinski definition) is 0. The van der Waals surface area contributed by atoms with Gasteiger partial charge in [-0.05, 0) is 18.4 Å². The number of thiophene rings is 1. The lowest BCUT2D eigenvalue weighted by atomic mass is 10.2. The van der Waals surface area contributed by atoms with Crippen molar-refractivity contribution < 1.29 is 14.3 Å². The molecule has 2 amide bonds. The number of carbonyl (C=O) groups excluding carboxylic acids is 2. The number of hydrogen-bond acceptors (Lipinski definition) is 4. The highest BCUT2D eigenvalue weighted by atomic mass is 32.1. The van der Waals surface area contributed by atoms with Crippen LogP contribution in [0.2, 0.25) is 0 Å². The first-order valence-electron chi connectivity index (χ1n) is 5.95. The van der Waals surface area contributed by atoms with Gasteiger partial charge < -0.3 is 14.5 Å². The van der Waals surface area contributed by atoms with Crippen LogP contribution in [0.15, 0.2) is 16.8 Å². The molecule has 1 saturated heterocycles. The first-order valence-corrected chi connectivity index (χ1v) is 6.90. The van der Waals surface area contributed by atoms with Crippen LogP contribution >= 0.6 is 11.3 Å². The molecule has 18 heavy (non-hydrogen) atoms. The molecule has 0 bridgehead atoms. The summed E-state index contributed by atoms with van der Waals surface area (Å²) in [6.07, 6.45) is -0.292. The van der Waals surface area contributed by atoms with Crippen molar-refractivity contribution >= 4 is 23.3 Å². The zero-order chi connectivity index (χ0) is 13.0. The largest absolute Gasteiger partial charge is 0.450 e. The monoisotopic (exact) mass is 268 g/mol. The molecule has 0 aliphatic carbocycles. The smallest absolute Gasteiger partial charge is 0.409 e. The first-order chi connectivity index (χ1) is 8.72. The fraction of sp³-hybridized carbons (Fsp3) is 0.500. The zero-order valence-corrected chi connectivity index (χ0v) is 11.1. The molecule has 1 aromatic heterocycles. The van der Waals surface area contributed by atoms with Gasteiger partial charge in [-0.25, -0.2) is 4.79 Å². The molecule has 0 N–H and O–H groups in total. The van der Waals surface area contributed by atoms with Gasteiger partial charge in [-0.3, -0.25) is 4.79 Å². The number of nitrogens with zero attached hydrogens (tertiary/aromatic N) is 2. The van der Waals surface area contributed by atoms with E-state index in [2.05, 4.69) is 0 Å². The summed E-state index contributed by atoms with van der Waals surface area (Å²) in [5.41, 5.74) is 0.726. The maximum atomic E-state index is 12.1. The Morgan fingerprint density at radius 2 is 1.94 bits per heavy atom. The van der Waals surface area contributed by atoms with E-state index < -0.39 is 0 Å². The third-order valence-corrected chi connectivity index (χ3v) is 3.54. The van der Waals surface area contributed by atoms with E-state index in [9.17, 15) is 9.59 Å². The van der Waals surface area contributed by atoms with Crippen molar-refractivity contribution in [2.24, 2.45) is 0 Å². The number of rotatable bonds is 2. The van der Waals surface area contributed by atoms with Crippen LogP contribution in [-0.2, 0) is 4.74 Å². The number of ether oxygens (including phenoxy) is 1. The molecule has 5 nitrogen and oxygen atoms in total. The van der Waals surface area contributed by atoms with Crippen molar-refractivity contribution in [3.8, 4) is 0 Å². The summed E-state index contributed by atoms with van der Waals surface area (Å²) in [6.45, 7) is 4.37. The molecule has 1 aliphatic rings. The van der Waals surface area contributed by atoms with E-state index in [0.717, 1.165) is 5.56 Å². The summed E-state index contributed by atoms with van der Waals surface area (Å²) in [5.74, 6) is 0.0414. The van der Waals surface area contributed by atoms with Crippen molar-refractivity contribution in [3.63, 3.8) is 0 Å². The SMILES string of the molecule is CCOC(=O)N1CCN(C(=O)c2ccsc2)CC1. The highest BCUT2D eigenvalue weighted by Crippen LogP contribution is 2.12. The molecule has 0 atom stereocenters. The van der Waals surface area contributed by atoms with Crippen LogP contribution in [0.5, 0.6) is 0 Å². The molecule has 0 spiro atoms. The van der Waals surface area contributed by atoms with Gasteiger partial charge in [-0.15, -0.1) is 0 Å². The molecule has 0 saturated carbocycles. The Hall–Kier alpha value is -1.56. The van der Waals surface area contributed by atoms with E-state index in [1.807, 2.05) is 16.8 Å². The molecule has 0 radical (unpaired) electrons. The second kappa shape index (κ2) is 5.86. The Kier molecular flexibility index (Phi) is 4.19. The van der Waals surface area contributed by atoms with Gasteiger partial charge in [-0.2, -0.15) is 11.3 Å². The van der Waals surface area contributed by atoms with E-state index in [4.69, 9.17) is 4.74 Å². The standard InChI is InChI=1S/C12H16N2O3S/c1-2-17-12(16)14-6-4-13(5-7-14)11(15)10-3-8-18-9-10/h3,8-9H,2,4-7H2,1H3. The summed E-state index contributed by atoms with van der Waals surface area (Å²) < 4.78 is 4.93. The first kappa shape index (κ1) is 12.9. The fourth-order valence-electron chi connectivity index (χ4n) is 1.88. The van der Waals surface area contributed by atoms with E-state index >= 15 is 0 Å². The third-order valence-electron chi connectivity index (χ3n) is 2.86. The number of piperazine rings is 1. The van der Waals surface area contributed by atoms with Gasteiger partial charge in [-0.1, -0.05) is 0 Å². The van der Waals surface area contributed by atoms with Crippen molar-refractivity contribution in [1.82, 2.24) is 9.80 Å². The van der Waals surface area contributed by atoms with E-state index in [1.54, 1.807) is 16.7 Å². The van der Waals surface area contributed by atoms with Crippen LogP contribution in [0.1, 0.15) is 17.3 Å². The molecule has 2 heterocycles. The minimum atomic E-state index is -0.292. The Morgan fingerprint density at radius 3 is 2.50 bits per heavy atom. The number of amides is 2. The molecule has 1 aliphatic heterocycles. The van der Waals surface area contributed by atoms with Gasteiger partial charge in [0, 0.05) is 31.6 Å². The Labute approximate surface area is 110 Å². The van der Waals surface area contributed by atoms with E-state index in [1.165, 1.54) is 11.3 Å². The van der Waals surface area contributed by atoms with Crippen LogP contribution in [0.4, 0.5) is 4.79 Å². The molecule has 6 heteroatoms. The maximum absolute atomic E-state index is 12.1. The minimum Gasteiger partial charge on any atom is -0.450 e. The molecule has 0 aromatic carbocycles. The molecule has 1 aromatic rings. The Morgan fingerprint density at radius 1 is 1.28 bits per heavy atom. The van der Waals surface area contributed by atoms with E-state index in [-0.39, 0.29) is 12.0 Å². The van der Waals surface area contributed by atoms with Gasteiger partial charge in [0.25, 0.3) is 5.91 Å². The summed E-state index contributed by atoms with van der Waals surface area (Å²) >= 11 is 1.51. The normalized spacial score (nSPS) is 15.6. The van der Waals surface area contributed by atoms with Crippen molar-refractivity contribution in [3.05, 3.63) is 22.4 Å².